The summed E-state index contributed by atoms with van der Waals surface area (Å²) >= 11 is 1.38. The van der Waals surface area contributed by atoms with E-state index in [1.807, 2.05) is 6.07 Å². The zero-order chi connectivity index (χ0) is 20.1. The zero-order valence-corrected chi connectivity index (χ0v) is 16.3. The molecule has 0 saturated carbocycles. The molecule has 0 unspecified atom stereocenters. The molecule has 2 aromatic carbocycles. The molecule has 1 aliphatic rings. The third-order valence-corrected chi connectivity index (χ3v) is 5.26. The first-order chi connectivity index (χ1) is 13.5. The Morgan fingerprint density at radius 3 is 2.79 bits per heavy atom. The number of hydrogen-bond acceptors (Lipinski definition) is 7. The number of rotatable bonds is 6. The van der Waals surface area contributed by atoms with Gasteiger partial charge >= 0.3 is 0 Å². The maximum absolute atomic E-state index is 13.0. The minimum atomic E-state index is -0.424. The van der Waals surface area contributed by atoms with Gasteiger partial charge in [-0.05, 0) is 17.7 Å². The van der Waals surface area contributed by atoms with E-state index in [9.17, 15) is 14.9 Å². The van der Waals surface area contributed by atoms with Crippen LogP contribution < -0.4 is 9.47 Å². The van der Waals surface area contributed by atoms with Gasteiger partial charge in [0.2, 0.25) is 0 Å². The van der Waals surface area contributed by atoms with Crippen LogP contribution in [0.2, 0.25) is 0 Å². The van der Waals surface area contributed by atoms with Crippen LogP contribution in [0.25, 0.3) is 0 Å². The summed E-state index contributed by atoms with van der Waals surface area (Å²) in [6.45, 7) is 0.993. The number of nitrogens with zero attached hydrogens (tertiary/aromatic N) is 3. The molecule has 9 heteroatoms. The minimum absolute atomic E-state index is 0.0439. The van der Waals surface area contributed by atoms with Crippen LogP contribution in [0, 0.1) is 10.1 Å². The van der Waals surface area contributed by atoms with E-state index >= 15 is 0 Å². The molecule has 2 aromatic rings. The van der Waals surface area contributed by atoms with Gasteiger partial charge in [0.15, 0.2) is 5.17 Å². The van der Waals surface area contributed by atoms with Crippen LogP contribution in [0.3, 0.4) is 0 Å². The normalized spacial score (nSPS) is 13.2. The third-order valence-electron chi connectivity index (χ3n) is 4.18. The van der Waals surface area contributed by atoms with Crippen LogP contribution in [0.1, 0.15) is 15.9 Å². The molecule has 0 radical (unpaired) electrons. The topological polar surface area (TPSA) is 94.3 Å². The summed E-state index contributed by atoms with van der Waals surface area (Å²) in [5, 5.41) is 11.5. The Bertz CT molecular complexity index is 932. The van der Waals surface area contributed by atoms with Crippen molar-refractivity contribution in [2.45, 2.75) is 5.75 Å². The predicted molar refractivity (Wildman–Crippen MR) is 107 cm³/mol. The van der Waals surface area contributed by atoms with Crippen molar-refractivity contribution in [2.24, 2.45) is 4.99 Å². The highest BCUT2D eigenvalue weighted by molar-refractivity contribution is 8.13. The molecule has 3 rings (SSSR count). The lowest BCUT2D eigenvalue weighted by atomic mass is 10.1. The van der Waals surface area contributed by atoms with Crippen LogP contribution in [-0.2, 0) is 5.75 Å². The first-order valence-corrected chi connectivity index (χ1v) is 9.46. The van der Waals surface area contributed by atoms with Crippen LogP contribution >= 0.6 is 11.8 Å². The lowest BCUT2D eigenvalue weighted by molar-refractivity contribution is -0.384. The number of ether oxygens (including phenoxy) is 2. The second-order valence-electron chi connectivity index (χ2n) is 5.90. The Balaban J connectivity index is 1.73. The number of aliphatic imine (C=N–C) groups is 1. The molecule has 28 heavy (non-hydrogen) atoms. The second kappa shape index (κ2) is 8.75. The maximum atomic E-state index is 13.0. The lowest BCUT2D eigenvalue weighted by Gasteiger charge is -2.19. The summed E-state index contributed by atoms with van der Waals surface area (Å²) in [7, 11) is 3.05. The van der Waals surface area contributed by atoms with Crippen molar-refractivity contribution in [1.29, 1.82) is 0 Å². The number of nitro groups is 1. The van der Waals surface area contributed by atoms with Crippen molar-refractivity contribution in [3.63, 3.8) is 0 Å². The van der Waals surface area contributed by atoms with E-state index in [1.165, 1.54) is 31.0 Å². The van der Waals surface area contributed by atoms with E-state index in [0.717, 1.165) is 5.56 Å². The fourth-order valence-electron chi connectivity index (χ4n) is 2.77. The number of carbonyl (C=O) groups is 1. The monoisotopic (exact) mass is 401 g/mol. The predicted octanol–water partition coefficient (Wildman–Crippen LogP) is 3.36. The van der Waals surface area contributed by atoms with E-state index in [1.54, 1.807) is 36.3 Å². The van der Waals surface area contributed by atoms with Gasteiger partial charge in [-0.2, -0.15) is 0 Å². The molecule has 0 atom stereocenters. The van der Waals surface area contributed by atoms with Crippen LogP contribution in [0.5, 0.6) is 11.5 Å². The van der Waals surface area contributed by atoms with Gasteiger partial charge in [-0.1, -0.05) is 23.9 Å². The zero-order valence-electron chi connectivity index (χ0n) is 15.5. The van der Waals surface area contributed by atoms with Crippen molar-refractivity contribution in [3.8, 4) is 11.5 Å². The van der Waals surface area contributed by atoms with Crippen LogP contribution in [-0.4, -0.2) is 48.2 Å². The molecule has 0 aromatic heterocycles. The van der Waals surface area contributed by atoms with Gasteiger partial charge in [-0.3, -0.25) is 24.8 Å². The molecule has 0 fully saturated rings. The SMILES string of the molecule is COc1ccc(C(=O)N2CCN=C2SCc2cccc([N+](=O)[O-])c2)c(OC)c1. The summed E-state index contributed by atoms with van der Waals surface area (Å²) in [6, 6.07) is 11.5. The standard InChI is InChI=1S/C19H19N3O5S/c1-26-15-6-7-16(17(11-15)27-2)18(23)21-9-8-20-19(21)28-12-13-4-3-5-14(10-13)22(24)25/h3-7,10-11H,8-9,12H2,1-2H3. The maximum Gasteiger partial charge on any atom is 0.269 e. The van der Waals surface area contributed by atoms with Gasteiger partial charge in [-0.15, -0.1) is 0 Å². The number of thioether (sulfide) groups is 1. The van der Waals surface area contributed by atoms with Crippen molar-refractivity contribution in [2.75, 3.05) is 27.3 Å². The van der Waals surface area contributed by atoms with E-state index < -0.39 is 4.92 Å². The average Bonchev–Trinajstić information content (AvgIpc) is 3.20. The number of carbonyl (C=O) groups excluding carboxylic acids is 1. The summed E-state index contributed by atoms with van der Waals surface area (Å²) < 4.78 is 10.5. The first-order valence-electron chi connectivity index (χ1n) is 8.48. The number of non-ortho nitro benzene ring substituents is 1. The van der Waals surface area contributed by atoms with Gasteiger partial charge in [0.25, 0.3) is 11.6 Å². The van der Waals surface area contributed by atoms with Crippen LogP contribution in [0.15, 0.2) is 47.5 Å². The summed E-state index contributed by atoms with van der Waals surface area (Å²) in [5.74, 6) is 1.30. The van der Waals surface area contributed by atoms with E-state index in [0.29, 0.717) is 41.1 Å². The average molecular weight is 401 g/mol. The number of methoxy groups -OCH3 is 2. The molecule has 0 aliphatic carbocycles. The Labute approximate surface area is 166 Å². The van der Waals surface area contributed by atoms with Crippen LogP contribution in [0.4, 0.5) is 5.69 Å². The van der Waals surface area contributed by atoms with Gasteiger partial charge in [0.05, 0.1) is 31.3 Å². The molecule has 0 bridgehead atoms. The smallest absolute Gasteiger partial charge is 0.269 e. The van der Waals surface area contributed by atoms with Crippen molar-refractivity contribution in [3.05, 3.63) is 63.7 Å². The molecule has 0 N–H and O–H groups in total. The van der Waals surface area contributed by atoms with Crippen molar-refractivity contribution >= 4 is 28.5 Å². The van der Waals surface area contributed by atoms with Gasteiger partial charge in [0.1, 0.15) is 11.5 Å². The van der Waals surface area contributed by atoms with E-state index in [-0.39, 0.29) is 11.6 Å². The Morgan fingerprint density at radius 2 is 2.07 bits per heavy atom. The molecule has 1 heterocycles. The van der Waals surface area contributed by atoms with E-state index in [2.05, 4.69) is 4.99 Å². The second-order valence-corrected chi connectivity index (χ2v) is 6.85. The largest absolute Gasteiger partial charge is 0.497 e. The minimum Gasteiger partial charge on any atom is -0.497 e. The number of amidine groups is 1. The highest BCUT2D eigenvalue weighted by atomic mass is 32.2. The highest BCUT2D eigenvalue weighted by Crippen LogP contribution is 2.28. The first kappa shape index (κ1) is 19.7. The number of hydrogen-bond donors (Lipinski definition) is 0. The Hall–Kier alpha value is -3.07. The highest BCUT2D eigenvalue weighted by Gasteiger charge is 2.27. The molecule has 0 saturated heterocycles. The van der Waals surface area contributed by atoms with Crippen molar-refractivity contribution < 1.29 is 19.2 Å². The van der Waals surface area contributed by atoms with Gasteiger partial charge in [-0.25, -0.2) is 0 Å². The Morgan fingerprint density at radius 1 is 1.25 bits per heavy atom. The Kier molecular flexibility index (Phi) is 6.15. The number of amides is 1. The quantitative estimate of drug-likeness (QED) is 0.544. The fourth-order valence-corrected chi connectivity index (χ4v) is 3.75. The number of nitro benzene ring substituents is 1. The van der Waals surface area contributed by atoms with Crippen molar-refractivity contribution in [1.82, 2.24) is 4.90 Å². The lowest BCUT2D eigenvalue weighted by Crippen LogP contribution is -2.33. The summed E-state index contributed by atoms with van der Waals surface area (Å²) in [4.78, 5) is 29.5. The number of benzene rings is 2. The molecular weight excluding hydrogens is 382 g/mol. The molecular formula is C19H19N3O5S. The fraction of sp³-hybridized carbons (Fsp3) is 0.263. The summed E-state index contributed by atoms with van der Waals surface area (Å²) in [5.41, 5.74) is 1.26. The van der Waals surface area contributed by atoms with Gasteiger partial charge in [0, 0.05) is 30.5 Å². The molecule has 8 nitrogen and oxygen atoms in total. The third kappa shape index (κ3) is 4.25. The molecule has 1 aliphatic heterocycles. The molecule has 1 amide bonds. The molecule has 0 spiro atoms. The van der Waals surface area contributed by atoms with E-state index in [4.69, 9.17) is 9.47 Å². The van der Waals surface area contributed by atoms with Gasteiger partial charge < -0.3 is 9.47 Å². The molecule has 146 valence electrons. The summed E-state index contributed by atoms with van der Waals surface area (Å²) in [6.07, 6.45) is 0.